The van der Waals surface area contributed by atoms with Crippen LogP contribution in [0.4, 0.5) is 11.6 Å². The van der Waals surface area contributed by atoms with E-state index in [-0.39, 0.29) is 6.10 Å². The second kappa shape index (κ2) is 7.43. The molecule has 2 rings (SSSR count). The predicted octanol–water partition coefficient (Wildman–Crippen LogP) is 2.75. The van der Waals surface area contributed by atoms with E-state index >= 15 is 0 Å². The molecule has 20 heavy (non-hydrogen) atoms. The Hall–Kier alpha value is -1.36. The van der Waals surface area contributed by atoms with Gasteiger partial charge in [0.25, 0.3) is 0 Å². The van der Waals surface area contributed by atoms with Crippen LogP contribution in [0.5, 0.6) is 0 Å². The van der Waals surface area contributed by atoms with Gasteiger partial charge in [-0.25, -0.2) is 9.97 Å². The quantitative estimate of drug-likeness (QED) is 0.648. The van der Waals surface area contributed by atoms with Crippen molar-refractivity contribution >= 4 is 11.6 Å². The van der Waals surface area contributed by atoms with E-state index in [1.54, 1.807) is 0 Å². The maximum atomic E-state index is 9.57. The first-order valence-corrected chi connectivity index (χ1v) is 7.77. The van der Waals surface area contributed by atoms with Crippen molar-refractivity contribution in [3.05, 3.63) is 11.9 Å². The summed E-state index contributed by atoms with van der Waals surface area (Å²) in [5.41, 5.74) is 0. The minimum absolute atomic E-state index is 0.232. The molecule has 1 aliphatic rings. The van der Waals surface area contributed by atoms with Gasteiger partial charge in [-0.15, -0.1) is 0 Å². The topological polar surface area (TPSA) is 70.1 Å². The molecule has 1 aromatic rings. The van der Waals surface area contributed by atoms with E-state index in [4.69, 9.17) is 0 Å². The van der Waals surface area contributed by atoms with Crippen LogP contribution in [-0.2, 0) is 0 Å². The first-order valence-electron chi connectivity index (χ1n) is 7.77. The van der Waals surface area contributed by atoms with Crippen LogP contribution in [-0.4, -0.2) is 34.3 Å². The van der Waals surface area contributed by atoms with Crippen LogP contribution in [0, 0.1) is 0 Å². The van der Waals surface area contributed by atoms with Crippen molar-refractivity contribution in [2.45, 2.75) is 58.0 Å². The number of hydrogen-bond donors (Lipinski definition) is 3. The minimum Gasteiger partial charge on any atom is -0.393 e. The Morgan fingerprint density at radius 1 is 1.20 bits per heavy atom. The van der Waals surface area contributed by atoms with Gasteiger partial charge in [-0.1, -0.05) is 13.8 Å². The van der Waals surface area contributed by atoms with Crippen molar-refractivity contribution < 1.29 is 5.11 Å². The largest absolute Gasteiger partial charge is 0.393 e. The fraction of sp³-hybridized carbons (Fsp3) is 0.733. The van der Waals surface area contributed by atoms with Crippen LogP contribution in [0.15, 0.2) is 6.07 Å². The summed E-state index contributed by atoms with van der Waals surface area (Å²) in [4.78, 5) is 9.16. The van der Waals surface area contributed by atoms with Crippen molar-refractivity contribution in [2.24, 2.45) is 0 Å². The van der Waals surface area contributed by atoms with Crippen molar-refractivity contribution in [2.75, 3.05) is 23.7 Å². The molecule has 1 aromatic heterocycles. The molecule has 1 fully saturated rings. The molecule has 0 aromatic carbocycles. The molecule has 0 radical (unpaired) electrons. The van der Waals surface area contributed by atoms with Gasteiger partial charge in [-0.05, 0) is 32.1 Å². The Morgan fingerprint density at radius 2 is 1.85 bits per heavy atom. The van der Waals surface area contributed by atoms with Gasteiger partial charge in [-0.2, -0.15) is 0 Å². The van der Waals surface area contributed by atoms with Crippen molar-refractivity contribution in [3.63, 3.8) is 0 Å². The molecule has 1 saturated carbocycles. The summed E-state index contributed by atoms with van der Waals surface area (Å²) < 4.78 is 0. The molecule has 0 aliphatic heterocycles. The summed E-state index contributed by atoms with van der Waals surface area (Å²) in [6, 6.07) is 1.96. The standard InChI is InChI=1S/C15H26N4O/c1-3-8-16-13-10-14(17-9-7-12(20)4-2)19-15(18-13)11-5-6-11/h10-12,20H,3-9H2,1-2H3,(H2,16,17,18,19). The molecule has 5 heteroatoms. The highest BCUT2D eigenvalue weighted by molar-refractivity contribution is 5.48. The van der Waals surface area contributed by atoms with E-state index in [0.29, 0.717) is 5.92 Å². The first-order chi connectivity index (χ1) is 9.72. The van der Waals surface area contributed by atoms with Crippen molar-refractivity contribution in [3.8, 4) is 0 Å². The number of nitrogens with zero attached hydrogens (tertiary/aromatic N) is 2. The second-order valence-corrected chi connectivity index (χ2v) is 5.48. The Balaban J connectivity index is 1.96. The third-order valence-corrected chi connectivity index (χ3v) is 3.50. The fourth-order valence-corrected chi connectivity index (χ4v) is 2.00. The van der Waals surface area contributed by atoms with Gasteiger partial charge >= 0.3 is 0 Å². The SMILES string of the molecule is CCCNc1cc(NCCC(O)CC)nc(C2CC2)n1. The van der Waals surface area contributed by atoms with Crippen LogP contribution in [0.25, 0.3) is 0 Å². The first kappa shape index (κ1) is 15.0. The molecule has 0 amide bonds. The average Bonchev–Trinajstić information content (AvgIpc) is 3.29. The van der Waals surface area contributed by atoms with Gasteiger partial charge in [-0.3, -0.25) is 0 Å². The number of aliphatic hydroxyl groups is 1. The highest BCUT2D eigenvalue weighted by Crippen LogP contribution is 2.38. The number of nitrogens with one attached hydrogen (secondary N) is 2. The second-order valence-electron chi connectivity index (χ2n) is 5.48. The van der Waals surface area contributed by atoms with E-state index < -0.39 is 0 Å². The molecule has 1 atom stereocenters. The lowest BCUT2D eigenvalue weighted by molar-refractivity contribution is 0.164. The third-order valence-electron chi connectivity index (χ3n) is 3.50. The van der Waals surface area contributed by atoms with E-state index in [2.05, 4.69) is 27.5 Å². The Morgan fingerprint density at radius 3 is 2.40 bits per heavy atom. The summed E-state index contributed by atoms with van der Waals surface area (Å²) >= 11 is 0. The zero-order valence-electron chi connectivity index (χ0n) is 12.5. The molecule has 1 unspecified atom stereocenters. The van der Waals surface area contributed by atoms with Crippen LogP contribution < -0.4 is 10.6 Å². The maximum absolute atomic E-state index is 9.57. The minimum atomic E-state index is -0.232. The molecule has 0 saturated heterocycles. The molecule has 3 N–H and O–H groups in total. The van der Waals surface area contributed by atoms with Crippen LogP contribution >= 0.6 is 0 Å². The Bertz CT molecular complexity index is 420. The monoisotopic (exact) mass is 278 g/mol. The normalized spacial score (nSPS) is 15.9. The fourth-order valence-electron chi connectivity index (χ4n) is 2.00. The lowest BCUT2D eigenvalue weighted by Crippen LogP contribution is -2.14. The molecule has 5 nitrogen and oxygen atoms in total. The molecule has 1 aliphatic carbocycles. The summed E-state index contributed by atoms with van der Waals surface area (Å²) in [5, 5.41) is 16.2. The highest BCUT2D eigenvalue weighted by atomic mass is 16.3. The zero-order valence-corrected chi connectivity index (χ0v) is 12.5. The van der Waals surface area contributed by atoms with Gasteiger partial charge in [0.15, 0.2) is 0 Å². The number of aromatic nitrogens is 2. The van der Waals surface area contributed by atoms with Gasteiger partial charge in [0.1, 0.15) is 17.5 Å². The Kier molecular flexibility index (Phi) is 5.59. The van der Waals surface area contributed by atoms with Crippen LogP contribution in [0.3, 0.4) is 0 Å². The Labute approximate surface area is 121 Å². The zero-order chi connectivity index (χ0) is 14.4. The lowest BCUT2D eigenvalue weighted by atomic mass is 10.2. The third kappa shape index (κ3) is 4.63. The van der Waals surface area contributed by atoms with Gasteiger partial charge in [0, 0.05) is 25.1 Å². The molecule has 112 valence electrons. The molecular weight excluding hydrogens is 252 g/mol. The van der Waals surface area contributed by atoms with Crippen LogP contribution in [0.2, 0.25) is 0 Å². The maximum Gasteiger partial charge on any atom is 0.136 e. The van der Waals surface area contributed by atoms with Crippen molar-refractivity contribution in [1.29, 1.82) is 0 Å². The van der Waals surface area contributed by atoms with E-state index in [9.17, 15) is 5.11 Å². The predicted molar refractivity (Wildman–Crippen MR) is 82.2 cm³/mol. The van der Waals surface area contributed by atoms with E-state index in [0.717, 1.165) is 49.8 Å². The van der Waals surface area contributed by atoms with Gasteiger partial charge in [0.2, 0.25) is 0 Å². The van der Waals surface area contributed by atoms with Gasteiger partial charge < -0.3 is 15.7 Å². The van der Waals surface area contributed by atoms with Gasteiger partial charge in [0.05, 0.1) is 6.10 Å². The summed E-state index contributed by atoms with van der Waals surface area (Å²) in [6.45, 7) is 5.80. The summed E-state index contributed by atoms with van der Waals surface area (Å²) in [7, 11) is 0. The lowest BCUT2D eigenvalue weighted by Gasteiger charge is -2.12. The van der Waals surface area contributed by atoms with Crippen molar-refractivity contribution in [1.82, 2.24) is 9.97 Å². The smallest absolute Gasteiger partial charge is 0.136 e. The van der Waals surface area contributed by atoms with Crippen LogP contribution in [0.1, 0.15) is 57.7 Å². The number of aliphatic hydroxyl groups excluding tert-OH is 1. The summed E-state index contributed by atoms with van der Waals surface area (Å²) in [6.07, 6.45) is 4.79. The average molecular weight is 278 g/mol. The van der Waals surface area contributed by atoms with E-state index in [1.807, 2.05) is 13.0 Å². The number of anilines is 2. The number of hydrogen-bond acceptors (Lipinski definition) is 5. The molecular formula is C15H26N4O. The highest BCUT2D eigenvalue weighted by Gasteiger charge is 2.27. The molecule has 0 bridgehead atoms. The van der Waals surface area contributed by atoms with E-state index in [1.165, 1.54) is 12.8 Å². The number of rotatable bonds is 9. The molecule has 0 spiro atoms. The summed E-state index contributed by atoms with van der Waals surface area (Å²) in [5.74, 6) is 3.26. The molecule has 1 heterocycles.